The fraction of sp³-hybridized carbons (Fsp3) is 0.632. The average molecular weight is 362 g/mol. The molecule has 1 saturated carbocycles. The minimum atomic E-state index is -3.22. The number of likely N-dealkylation sites (tertiary alicyclic amines) is 1. The average Bonchev–Trinajstić information content (AvgIpc) is 3.17. The highest BCUT2D eigenvalue weighted by atomic mass is 32.2. The Kier molecular flexibility index (Phi) is 4.06. The van der Waals surface area contributed by atoms with Gasteiger partial charge in [-0.25, -0.2) is 8.42 Å². The summed E-state index contributed by atoms with van der Waals surface area (Å²) in [4.78, 5) is 17.5. The number of anilines is 1. The molecule has 0 bridgehead atoms. The number of aryl methyl sites for hydroxylation is 1. The van der Waals surface area contributed by atoms with Crippen LogP contribution >= 0.6 is 0 Å². The van der Waals surface area contributed by atoms with Gasteiger partial charge >= 0.3 is 0 Å². The van der Waals surface area contributed by atoms with E-state index in [0.717, 1.165) is 50.9 Å². The van der Waals surface area contributed by atoms with Crippen molar-refractivity contribution in [2.24, 2.45) is 5.41 Å². The first-order valence-electron chi connectivity index (χ1n) is 9.26. The van der Waals surface area contributed by atoms with Crippen molar-refractivity contribution in [1.82, 2.24) is 4.90 Å². The molecule has 1 aromatic rings. The Labute approximate surface area is 149 Å². The third-order valence-corrected chi connectivity index (χ3v) is 7.31. The van der Waals surface area contributed by atoms with Gasteiger partial charge in [0, 0.05) is 25.0 Å². The second-order valence-corrected chi connectivity index (χ2v) is 9.89. The van der Waals surface area contributed by atoms with Gasteiger partial charge in [0.05, 0.1) is 17.0 Å². The predicted molar refractivity (Wildman–Crippen MR) is 97.3 cm³/mol. The van der Waals surface area contributed by atoms with Gasteiger partial charge in [0.15, 0.2) is 9.84 Å². The molecule has 136 valence electrons. The van der Waals surface area contributed by atoms with E-state index in [2.05, 4.69) is 4.90 Å². The highest BCUT2D eigenvalue weighted by Gasteiger charge is 2.48. The third kappa shape index (κ3) is 2.94. The SMILES string of the molecule is CS(=O)(=O)c1ccc2c(c1)N(CN1CCC3(CCCC3)C1=O)CCC2. The van der Waals surface area contributed by atoms with Gasteiger partial charge in [-0.15, -0.1) is 0 Å². The van der Waals surface area contributed by atoms with Crippen LogP contribution in [0.5, 0.6) is 0 Å². The molecule has 1 aromatic carbocycles. The monoisotopic (exact) mass is 362 g/mol. The zero-order chi connectivity index (χ0) is 17.7. The predicted octanol–water partition coefficient (Wildman–Crippen LogP) is 2.59. The van der Waals surface area contributed by atoms with E-state index in [9.17, 15) is 13.2 Å². The van der Waals surface area contributed by atoms with Crippen LogP contribution in [0.15, 0.2) is 23.1 Å². The molecule has 1 aliphatic carbocycles. The quantitative estimate of drug-likeness (QED) is 0.829. The molecule has 0 radical (unpaired) electrons. The smallest absolute Gasteiger partial charge is 0.230 e. The number of carbonyl (C=O) groups is 1. The van der Waals surface area contributed by atoms with Crippen LogP contribution in [0, 0.1) is 5.41 Å². The number of carbonyl (C=O) groups excluding carboxylic acids is 1. The molecule has 0 unspecified atom stereocenters. The Balaban J connectivity index is 1.58. The van der Waals surface area contributed by atoms with E-state index < -0.39 is 9.84 Å². The number of nitrogens with zero attached hydrogens (tertiary/aromatic N) is 2. The lowest BCUT2D eigenvalue weighted by atomic mass is 9.85. The first-order valence-corrected chi connectivity index (χ1v) is 11.2. The van der Waals surface area contributed by atoms with E-state index in [-0.39, 0.29) is 5.41 Å². The summed E-state index contributed by atoms with van der Waals surface area (Å²) in [6, 6.07) is 5.42. The second kappa shape index (κ2) is 6.01. The van der Waals surface area contributed by atoms with Crippen molar-refractivity contribution >= 4 is 21.4 Å². The molecule has 2 heterocycles. The van der Waals surface area contributed by atoms with E-state index in [1.165, 1.54) is 24.7 Å². The topological polar surface area (TPSA) is 57.7 Å². The largest absolute Gasteiger partial charge is 0.353 e. The molecule has 4 rings (SSSR count). The van der Waals surface area contributed by atoms with E-state index in [1.807, 2.05) is 11.0 Å². The Morgan fingerprint density at radius 1 is 1.04 bits per heavy atom. The number of benzene rings is 1. The van der Waals surface area contributed by atoms with Gasteiger partial charge in [-0.05, 0) is 49.8 Å². The Morgan fingerprint density at radius 2 is 1.80 bits per heavy atom. The summed E-state index contributed by atoms with van der Waals surface area (Å²) in [5, 5.41) is 0. The molecule has 25 heavy (non-hydrogen) atoms. The summed E-state index contributed by atoms with van der Waals surface area (Å²) in [5.41, 5.74) is 2.07. The van der Waals surface area contributed by atoms with Crippen molar-refractivity contribution in [2.75, 3.05) is 30.9 Å². The Bertz CT molecular complexity index is 797. The van der Waals surface area contributed by atoms with Gasteiger partial charge in [0.1, 0.15) is 0 Å². The first-order chi connectivity index (χ1) is 11.9. The van der Waals surface area contributed by atoms with Crippen LogP contribution in [0.4, 0.5) is 5.69 Å². The Morgan fingerprint density at radius 3 is 2.52 bits per heavy atom. The minimum absolute atomic E-state index is 0.0901. The number of fused-ring (bicyclic) bond motifs is 1. The lowest BCUT2D eigenvalue weighted by Crippen LogP contribution is -2.43. The van der Waals surface area contributed by atoms with Crippen LogP contribution in [-0.4, -0.2) is 45.2 Å². The normalized spacial score (nSPS) is 22.7. The molecule has 2 fully saturated rings. The summed E-state index contributed by atoms with van der Waals surface area (Å²) in [5.74, 6) is 0.316. The van der Waals surface area contributed by atoms with Crippen molar-refractivity contribution in [1.29, 1.82) is 0 Å². The van der Waals surface area contributed by atoms with Gasteiger partial charge < -0.3 is 9.80 Å². The summed E-state index contributed by atoms with van der Waals surface area (Å²) in [6.07, 6.45) is 8.65. The lowest BCUT2D eigenvalue weighted by Gasteiger charge is -2.35. The molecular weight excluding hydrogens is 336 g/mol. The standard InChI is InChI=1S/C19H26N2O3S/c1-25(23,24)16-7-6-15-5-4-11-20(17(15)13-16)14-21-12-10-19(18(21)22)8-2-3-9-19/h6-7,13H,2-5,8-12,14H2,1H3. The van der Waals surface area contributed by atoms with Crippen molar-refractivity contribution in [3.05, 3.63) is 23.8 Å². The molecule has 0 N–H and O–H groups in total. The van der Waals surface area contributed by atoms with Crippen LogP contribution < -0.4 is 4.90 Å². The zero-order valence-electron chi connectivity index (χ0n) is 14.8. The summed E-state index contributed by atoms with van der Waals surface area (Å²) >= 11 is 0. The molecular formula is C19H26N2O3S. The van der Waals surface area contributed by atoms with E-state index in [1.54, 1.807) is 12.1 Å². The van der Waals surface area contributed by atoms with Gasteiger partial charge in [-0.3, -0.25) is 4.79 Å². The molecule has 0 atom stereocenters. The van der Waals surface area contributed by atoms with Gasteiger partial charge in [0.25, 0.3) is 0 Å². The van der Waals surface area contributed by atoms with E-state index in [4.69, 9.17) is 0 Å². The highest BCUT2D eigenvalue weighted by Crippen LogP contribution is 2.46. The summed E-state index contributed by atoms with van der Waals surface area (Å²) in [7, 11) is -3.22. The van der Waals surface area contributed by atoms with Crippen LogP contribution in [0.1, 0.15) is 44.1 Å². The lowest BCUT2D eigenvalue weighted by molar-refractivity contribution is -0.135. The van der Waals surface area contributed by atoms with E-state index in [0.29, 0.717) is 17.5 Å². The molecule has 1 amide bonds. The number of rotatable bonds is 3. The molecule has 1 spiro atoms. The van der Waals surface area contributed by atoms with E-state index >= 15 is 0 Å². The fourth-order valence-corrected chi connectivity index (χ4v) is 5.40. The molecule has 6 heteroatoms. The van der Waals surface area contributed by atoms with Crippen LogP contribution in [0.3, 0.4) is 0 Å². The maximum Gasteiger partial charge on any atom is 0.230 e. The van der Waals surface area contributed by atoms with Gasteiger partial charge in [-0.1, -0.05) is 18.9 Å². The van der Waals surface area contributed by atoms with Crippen LogP contribution in [0.2, 0.25) is 0 Å². The number of sulfone groups is 1. The third-order valence-electron chi connectivity index (χ3n) is 6.20. The highest BCUT2D eigenvalue weighted by molar-refractivity contribution is 7.90. The molecule has 3 aliphatic rings. The maximum atomic E-state index is 12.9. The van der Waals surface area contributed by atoms with Crippen molar-refractivity contribution in [3.8, 4) is 0 Å². The molecule has 0 aromatic heterocycles. The van der Waals surface area contributed by atoms with Crippen molar-refractivity contribution < 1.29 is 13.2 Å². The van der Waals surface area contributed by atoms with Crippen molar-refractivity contribution in [2.45, 2.75) is 49.8 Å². The molecule has 5 nitrogen and oxygen atoms in total. The minimum Gasteiger partial charge on any atom is -0.353 e. The van der Waals surface area contributed by atoms with Gasteiger partial charge in [-0.2, -0.15) is 0 Å². The summed E-state index contributed by atoms with van der Waals surface area (Å²) < 4.78 is 23.8. The maximum absolute atomic E-state index is 12.9. The number of hydrogen-bond donors (Lipinski definition) is 0. The number of hydrogen-bond acceptors (Lipinski definition) is 4. The van der Waals surface area contributed by atoms with Crippen LogP contribution in [-0.2, 0) is 21.1 Å². The zero-order valence-corrected chi connectivity index (χ0v) is 15.6. The second-order valence-electron chi connectivity index (χ2n) is 7.88. The fourth-order valence-electron chi connectivity index (χ4n) is 4.76. The number of amides is 1. The Hall–Kier alpha value is -1.56. The molecule has 2 aliphatic heterocycles. The van der Waals surface area contributed by atoms with Gasteiger partial charge in [0.2, 0.25) is 5.91 Å². The van der Waals surface area contributed by atoms with Crippen molar-refractivity contribution in [3.63, 3.8) is 0 Å². The molecule has 1 saturated heterocycles. The summed E-state index contributed by atoms with van der Waals surface area (Å²) in [6.45, 7) is 2.29. The first kappa shape index (κ1) is 16.9. The van der Waals surface area contributed by atoms with Crippen LogP contribution in [0.25, 0.3) is 0 Å².